The average molecular weight is 488 g/mol. The molecule has 5 nitrogen and oxygen atoms in total. The number of nitrogens with zero attached hydrogens (tertiary/aromatic N) is 3. The Labute approximate surface area is 216 Å². The van der Waals surface area contributed by atoms with Gasteiger partial charge in [0, 0.05) is 31.1 Å². The van der Waals surface area contributed by atoms with Crippen molar-refractivity contribution < 1.29 is 4.79 Å². The summed E-state index contributed by atoms with van der Waals surface area (Å²) >= 11 is 0. The third-order valence-electron chi connectivity index (χ3n) is 8.08. The van der Waals surface area contributed by atoms with Crippen molar-refractivity contribution in [1.82, 2.24) is 14.5 Å². The normalized spacial score (nSPS) is 18.5. The second-order valence-electron chi connectivity index (χ2n) is 10.7. The molecule has 1 atom stereocenters. The molecule has 1 aromatic heterocycles. The second-order valence-corrected chi connectivity index (χ2v) is 10.7. The van der Waals surface area contributed by atoms with Gasteiger partial charge in [-0.05, 0) is 66.0 Å². The molecule has 0 bridgehead atoms. The van der Waals surface area contributed by atoms with E-state index in [9.17, 15) is 9.59 Å². The number of fused-ring (bicyclic) bond motifs is 2. The lowest BCUT2D eigenvalue weighted by Crippen LogP contribution is -2.32. The molecule has 1 saturated heterocycles. The number of amides is 1. The number of carbonyl (C=O) groups excluding carboxylic acids is 1. The maximum absolute atomic E-state index is 13.7. The summed E-state index contributed by atoms with van der Waals surface area (Å²) in [6.45, 7) is 2.08. The summed E-state index contributed by atoms with van der Waals surface area (Å²) in [4.78, 5) is 33.2. The van der Waals surface area contributed by atoms with Gasteiger partial charge in [-0.15, -0.1) is 0 Å². The van der Waals surface area contributed by atoms with Crippen molar-refractivity contribution in [3.05, 3.63) is 94.3 Å². The number of hydrogen-bond donors (Lipinski definition) is 0. The molecule has 7 rings (SSSR count). The van der Waals surface area contributed by atoms with Crippen LogP contribution in [0.2, 0.25) is 0 Å². The van der Waals surface area contributed by atoms with Crippen LogP contribution in [0.25, 0.3) is 39.5 Å². The molecule has 2 heterocycles. The summed E-state index contributed by atoms with van der Waals surface area (Å²) in [6.07, 6.45) is 8.33. The second kappa shape index (κ2) is 8.84. The predicted octanol–water partition coefficient (Wildman–Crippen LogP) is 5.56. The molecule has 4 aromatic rings. The van der Waals surface area contributed by atoms with Gasteiger partial charge in [-0.25, -0.2) is 4.98 Å². The number of allylic oxidation sites excluding steroid dienone is 1. The molecular formula is C32H29N3O2. The van der Waals surface area contributed by atoms with Gasteiger partial charge in [-0.3, -0.25) is 14.2 Å². The molecule has 0 N–H and O–H groups in total. The van der Waals surface area contributed by atoms with Crippen molar-refractivity contribution in [3.63, 3.8) is 0 Å². The van der Waals surface area contributed by atoms with Crippen LogP contribution in [0.5, 0.6) is 0 Å². The van der Waals surface area contributed by atoms with Crippen LogP contribution >= 0.6 is 0 Å². The van der Waals surface area contributed by atoms with E-state index in [1.807, 2.05) is 33.7 Å². The van der Waals surface area contributed by atoms with Crippen LogP contribution in [-0.4, -0.2) is 33.4 Å². The first-order valence-corrected chi connectivity index (χ1v) is 13.3. The third-order valence-corrected chi connectivity index (χ3v) is 8.08. The van der Waals surface area contributed by atoms with Crippen LogP contribution in [0, 0.1) is 11.8 Å². The van der Waals surface area contributed by atoms with Crippen molar-refractivity contribution >= 4 is 22.9 Å². The maximum Gasteiger partial charge on any atom is 0.261 e. The largest absolute Gasteiger partial charge is 0.342 e. The Bertz CT molecular complexity index is 1610. The number of rotatable bonds is 5. The highest BCUT2D eigenvalue weighted by molar-refractivity contribution is 5.81. The van der Waals surface area contributed by atoms with E-state index >= 15 is 0 Å². The number of likely N-dealkylation sites (tertiary alicyclic amines) is 1. The first-order valence-electron chi connectivity index (χ1n) is 13.3. The van der Waals surface area contributed by atoms with Gasteiger partial charge < -0.3 is 4.90 Å². The first kappa shape index (κ1) is 22.2. The lowest BCUT2D eigenvalue weighted by Gasteiger charge is -2.19. The zero-order valence-electron chi connectivity index (χ0n) is 20.8. The Hall–Kier alpha value is -3.99. The average Bonchev–Trinajstić information content (AvgIpc) is 3.49. The Morgan fingerprint density at radius 3 is 2.54 bits per heavy atom. The Kier molecular flexibility index (Phi) is 5.31. The summed E-state index contributed by atoms with van der Waals surface area (Å²) in [5.74, 6) is 1.48. The Balaban J connectivity index is 1.23. The SMILES string of the molecule is O=C(C1CC1)N1CC[C@@H](Cn2c(-c3ccc(-c4ccc5c(c4)CC=C5)cc3)nc3ccccc3c2=O)C1. The van der Waals surface area contributed by atoms with Crippen LogP contribution in [0.1, 0.15) is 30.4 Å². The lowest BCUT2D eigenvalue weighted by molar-refractivity contribution is -0.131. The summed E-state index contributed by atoms with van der Waals surface area (Å²) in [5.41, 5.74) is 6.64. The van der Waals surface area contributed by atoms with Gasteiger partial charge in [0.1, 0.15) is 5.82 Å². The van der Waals surface area contributed by atoms with Crippen molar-refractivity contribution in [1.29, 1.82) is 0 Å². The molecule has 0 radical (unpaired) electrons. The maximum atomic E-state index is 13.7. The quantitative estimate of drug-likeness (QED) is 0.370. The van der Waals surface area contributed by atoms with Gasteiger partial charge in [0.2, 0.25) is 5.91 Å². The van der Waals surface area contributed by atoms with Gasteiger partial charge >= 0.3 is 0 Å². The summed E-state index contributed by atoms with van der Waals surface area (Å²) < 4.78 is 1.84. The highest BCUT2D eigenvalue weighted by Crippen LogP contribution is 2.34. The number of carbonyl (C=O) groups is 1. The van der Waals surface area contributed by atoms with E-state index in [0.29, 0.717) is 29.2 Å². The molecule has 1 amide bonds. The van der Waals surface area contributed by atoms with Crippen LogP contribution in [0.3, 0.4) is 0 Å². The molecule has 0 spiro atoms. The van der Waals surface area contributed by atoms with Crippen LogP contribution in [0.4, 0.5) is 0 Å². The minimum Gasteiger partial charge on any atom is -0.342 e. The molecule has 3 aliphatic rings. The molecule has 1 aliphatic heterocycles. The minimum atomic E-state index is -0.0113. The Morgan fingerprint density at radius 2 is 1.70 bits per heavy atom. The monoisotopic (exact) mass is 487 g/mol. The predicted molar refractivity (Wildman–Crippen MR) is 147 cm³/mol. The summed E-state index contributed by atoms with van der Waals surface area (Å²) in [7, 11) is 0. The number of aromatic nitrogens is 2. The number of hydrogen-bond acceptors (Lipinski definition) is 3. The fraction of sp³-hybridized carbons (Fsp3) is 0.281. The van der Waals surface area contributed by atoms with E-state index in [2.05, 4.69) is 54.6 Å². The lowest BCUT2D eigenvalue weighted by atomic mass is 9.99. The van der Waals surface area contributed by atoms with E-state index in [1.54, 1.807) is 0 Å². The zero-order chi connectivity index (χ0) is 24.9. The molecule has 2 aliphatic carbocycles. The van der Waals surface area contributed by atoms with Crippen molar-refractivity contribution in [2.45, 2.75) is 32.2 Å². The Morgan fingerprint density at radius 1 is 0.919 bits per heavy atom. The van der Waals surface area contributed by atoms with Gasteiger partial charge in [-0.1, -0.05) is 66.7 Å². The van der Waals surface area contributed by atoms with Gasteiger partial charge in [0.05, 0.1) is 10.9 Å². The van der Waals surface area contributed by atoms with E-state index in [0.717, 1.165) is 49.9 Å². The molecule has 3 aromatic carbocycles. The molecular weight excluding hydrogens is 458 g/mol. The zero-order valence-corrected chi connectivity index (χ0v) is 20.8. The van der Waals surface area contributed by atoms with E-state index in [-0.39, 0.29) is 17.4 Å². The number of benzene rings is 3. The van der Waals surface area contributed by atoms with Gasteiger partial charge in [0.25, 0.3) is 5.56 Å². The van der Waals surface area contributed by atoms with E-state index < -0.39 is 0 Å². The third kappa shape index (κ3) is 4.08. The smallest absolute Gasteiger partial charge is 0.261 e. The van der Waals surface area contributed by atoms with Crippen LogP contribution < -0.4 is 5.56 Å². The van der Waals surface area contributed by atoms with Gasteiger partial charge in [-0.2, -0.15) is 0 Å². The summed E-state index contributed by atoms with van der Waals surface area (Å²) in [5, 5.41) is 0.638. The number of para-hydroxylation sites is 1. The molecule has 5 heteroatoms. The molecule has 37 heavy (non-hydrogen) atoms. The van der Waals surface area contributed by atoms with Crippen molar-refractivity contribution in [2.75, 3.05) is 13.1 Å². The van der Waals surface area contributed by atoms with Gasteiger partial charge in [0.15, 0.2) is 0 Å². The molecule has 2 fully saturated rings. The fourth-order valence-electron chi connectivity index (χ4n) is 5.84. The van der Waals surface area contributed by atoms with E-state index in [1.165, 1.54) is 16.7 Å². The minimum absolute atomic E-state index is 0.0113. The van der Waals surface area contributed by atoms with Crippen molar-refractivity contribution in [2.24, 2.45) is 11.8 Å². The van der Waals surface area contributed by atoms with E-state index in [4.69, 9.17) is 4.98 Å². The molecule has 184 valence electrons. The summed E-state index contributed by atoms with van der Waals surface area (Å²) in [6, 6.07) is 22.6. The standard InChI is InChI=1S/C32H29N3O2/c36-31(25-13-14-25)34-17-16-21(19-34)20-35-30(33-29-7-2-1-6-28(29)32(35)37)24-11-8-23(9-12-24)27-15-10-22-4-3-5-26(22)18-27/h1-4,6-12,15,18,21,25H,5,13-14,16-17,19-20H2/t21-/m1/s1. The first-order chi connectivity index (χ1) is 18.1. The highest BCUT2D eigenvalue weighted by Gasteiger charge is 2.36. The topological polar surface area (TPSA) is 55.2 Å². The van der Waals surface area contributed by atoms with Crippen molar-refractivity contribution in [3.8, 4) is 22.5 Å². The molecule has 1 saturated carbocycles. The highest BCUT2D eigenvalue weighted by atomic mass is 16.2. The molecule has 0 unspecified atom stereocenters. The van der Waals surface area contributed by atoms with Crippen LogP contribution in [-0.2, 0) is 17.8 Å². The fourth-order valence-corrected chi connectivity index (χ4v) is 5.84. The van der Waals surface area contributed by atoms with Crippen LogP contribution in [0.15, 0.2) is 77.6 Å².